The van der Waals surface area contributed by atoms with Gasteiger partial charge in [0.25, 0.3) is 0 Å². The van der Waals surface area contributed by atoms with Gasteiger partial charge in [-0.15, -0.1) is 0 Å². The molecule has 1 N–H and O–H groups in total. The van der Waals surface area contributed by atoms with Crippen LogP contribution in [0.3, 0.4) is 0 Å². The fourth-order valence-corrected chi connectivity index (χ4v) is 2.92. The molecule has 3 rings (SSSR count). The summed E-state index contributed by atoms with van der Waals surface area (Å²) in [7, 11) is 0. The van der Waals surface area contributed by atoms with Gasteiger partial charge in [0.2, 0.25) is 0 Å². The third-order valence-electron chi connectivity index (χ3n) is 4.71. The average Bonchev–Trinajstić information content (AvgIpc) is 3.26. The summed E-state index contributed by atoms with van der Waals surface area (Å²) in [5.74, 6) is 1.89. The van der Waals surface area contributed by atoms with Crippen molar-refractivity contribution in [1.82, 2.24) is 29.1 Å². The monoisotopic (exact) mass is 354 g/mol. The van der Waals surface area contributed by atoms with Crippen LogP contribution in [-0.4, -0.2) is 29.1 Å². The normalized spacial score (nSPS) is 12.9. The van der Waals surface area contributed by atoms with Crippen molar-refractivity contribution in [3.05, 3.63) is 48.5 Å². The van der Waals surface area contributed by atoms with E-state index in [1.165, 1.54) is 0 Å². The second-order valence-electron chi connectivity index (χ2n) is 9.00. The molecule has 6 nitrogen and oxygen atoms in total. The Hall–Kier alpha value is -2.37. The zero-order chi connectivity index (χ0) is 19.1. The lowest BCUT2D eigenvalue weighted by Gasteiger charge is -2.21. The summed E-state index contributed by atoms with van der Waals surface area (Å²) in [6.07, 6.45) is 10.6. The van der Waals surface area contributed by atoms with Crippen molar-refractivity contribution in [1.29, 1.82) is 0 Å². The first-order valence-corrected chi connectivity index (χ1v) is 9.19. The average molecular weight is 355 g/mol. The molecule has 26 heavy (non-hydrogen) atoms. The van der Waals surface area contributed by atoms with Crippen LogP contribution in [0.25, 0.3) is 5.82 Å². The van der Waals surface area contributed by atoms with E-state index in [1.807, 2.05) is 23.4 Å². The Morgan fingerprint density at radius 2 is 1.73 bits per heavy atom. The molecule has 0 fully saturated rings. The number of nitrogens with zero attached hydrogens (tertiary/aromatic N) is 5. The highest BCUT2D eigenvalue weighted by Crippen LogP contribution is 2.26. The predicted molar refractivity (Wildman–Crippen MR) is 104 cm³/mol. The summed E-state index contributed by atoms with van der Waals surface area (Å²) < 4.78 is 4.14. The van der Waals surface area contributed by atoms with Gasteiger partial charge in [-0.3, -0.25) is 4.57 Å². The molecule has 0 bridgehead atoms. The number of hydrogen-bond donors (Lipinski definition) is 1. The fraction of sp³-hybridized carbons (Fsp3) is 0.550. The molecule has 0 atom stereocenters. The van der Waals surface area contributed by atoms with Crippen LogP contribution in [-0.2, 0) is 17.3 Å². The Labute approximate surface area is 155 Å². The molecule has 0 amide bonds. The van der Waals surface area contributed by atoms with Crippen molar-refractivity contribution in [2.45, 2.75) is 71.8 Å². The Bertz CT molecular complexity index is 872. The van der Waals surface area contributed by atoms with Gasteiger partial charge < -0.3 is 9.55 Å². The molecule has 0 aliphatic carbocycles. The summed E-state index contributed by atoms with van der Waals surface area (Å²) in [5.41, 5.74) is 2.04. The molecule has 0 spiro atoms. The maximum atomic E-state index is 4.64. The van der Waals surface area contributed by atoms with Crippen LogP contribution >= 0.6 is 0 Å². The summed E-state index contributed by atoms with van der Waals surface area (Å²) in [6, 6.07) is 0.424. The van der Waals surface area contributed by atoms with Gasteiger partial charge >= 0.3 is 0 Å². The standard InChI is InChI=1S/C20H30N6/c1-14(2)25-10-15(22-12-25)8-20(6,7)18-21-9-17(24-18)26-11-16(23-13-26)19(3,4)5/h9-14H,8H2,1-7H3,(H,21,24). The molecule has 0 aromatic carbocycles. The van der Waals surface area contributed by atoms with Gasteiger partial charge in [0, 0.05) is 35.7 Å². The van der Waals surface area contributed by atoms with E-state index in [0.29, 0.717) is 6.04 Å². The fourth-order valence-electron chi connectivity index (χ4n) is 2.92. The van der Waals surface area contributed by atoms with Gasteiger partial charge in [-0.25, -0.2) is 15.0 Å². The zero-order valence-electron chi connectivity index (χ0n) is 16.9. The van der Waals surface area contributed by atoms with Crippen LogP contribution in [0.4, 0.5) is 0 Å². The maximum absolute atomic E-state index is 4.64. The summed E-state index contributed by atoms with van der Waals surface area (Å²) in [5, 5.41) is 0. The van der Waals surface area contributed by atoms with Crippen LogP contribution in [0.2, 0.25) is 0 Å². The molecular weight excluding hydrogens is 324 g/mol. The molecule has 0 saturated carbocycles. The first-order chi connectivity index (χ1) is 12.1. The molecule has 0 saturated heterocycles. The molecule has 6 heteroatoms. The highest BCUT2D eigenvalue weighted by Gasteiger charge is 2.26. The number of imidazole rings is 3. The highest BCUT2D eigenvalue weighted by molar-refractivity contribution is 5.26. The van der Waals surface area contributed by atoms with Crippen LogP contribution in [0.1, 0.15) is 71.7 Å². The van der Waals surface area contributed by atoms with Crippen LogP contribution in [0.5, 0.6) is 0 Å². The van der Waals surface area contributed by atoms with Gasteiger partial charge in [0.15, 0.2) is 0 Å². The first kappa shape index (κ1) is 18.4. The van der Waals surface area contributed by atoms with Gasteiger partial charge in [0.05, 0.1) is 23.9 Å². The summed E-state index contributed by atoms with van der Waals surface area (Å²) >= 11 is 0. The smallest absolute Gasteiger partial charge is 0.135 e. The molecule has 140 valence electrons. The van der Waals surface area contributed by atoms with E-state index < -0.39 is 0 Å². The van der Waals surface area contributed by atoms with E-state index in [4.69, 9.17) is 0 Å². The summed E-state index contributed by atoms with van der Waals surface area (Å²) in [6.45, 7) is 15.2. The molecule has 3 heterocycles. The number of aromatic amines is 1. The lowest BCUT2D eigenvalue weighted by Crippen LogP contribution is -2.22. The van der Waals surface area contributed by atoms with Crippen molar-refractivity contribution < 1.29 is 0 Å². The van der Waals surface area contributed by atoms with Gasteiger partial charge in [-0.05, 0) is 13.8 Å². The van der Waals surface area contributed by atoms with E-state index in [2.05, 4.69) is 85.4 Å². The topological polar surface area (TPSA) is 64.3 Å². The molecule has 3 aromatic rings. The molecule has 0 unspecified atom stereocenters. The van der Waals surface area contributed by atoms with Crippen molar-refractivity contribution in [3.8, 4) is 5.82 Å². The van der Waals surface area contributed by atoms with Gasteiger partial charge in [0.1, 0.15) is 18.0 Å². The number of H-pyrrole nitrogens is 1. The Morgan fingerprint density at radius 3 is 2.31 bits per heavy atom. The lowest BCUT2D eigenvalue weighted by molar-refractivity contribution is 0.485. The van der Waals surface area contributed by atoms with Gasteiger partial charge in [-0.1, -0.05) is 34.6 Å². The van der Waals surface area contributed by atoms with E-state index in [1.54, 1.807) is 0 Å². The second-order valence-corrected chi connectivity index (χ2v) is 9.00. The molecule has 0 radical (unpaired) electrons. The van der Waals surface area contributed by atoms with Crippen molar-refractivity contribution in [2.24, 2.45) is 0 Å². The van der Waals surface area contributed by atoms with E-state index in [9.17, 15) is 0 Å². The van der Waals surface area contributed by atoms with Crippen molar-refractivity contribution in [3.63, 3.8) is 0 Å². The highest BCUT2D eigenvalue weighted by atomic mass is 15.1. The molecular formula is C20H30N6. The van der Waals surface area contributed by atoms with Crippen LogP contribution < -0.4 is 0 Å². The Balaban J connectivity index is 1.80. The third kappa shape index (κ3) is 3.74. The third-order valence-corrected chi connectivity index (χ3v) is 4.71. The Kier molecular flexibility index (Phi) is 4.54. The van der Waals surface area contributed by atoms with Crippen LogP contribution in [0, 0.1) is 0 Å². The number of aromatic nitrogens is 6. The quantitative estimate of drug-likeness (QED) is 0.747. The predicted octanol–water partition coefficient (Wildman–Crippen LogP) is 4.19. The number of nitrogens with one attached hydrogen (secondary N) is 1. The Morgan fingerprint density at radius 1 is 1.00 bits per heavy atom. The van der Waals surface area contributed by atoms with Crippen molar-refractivity contribution in [2.75, 3.05) is 0 Å². The van der Waals surface area contributed by atoms with E-state index in [-0.39, 0.29) is 10.8 Å². The van der Waals surface area contributed by atoms with Crippen LogP contribution in [0.15, 0.2) is 31.2 Å². The first-order valence-electron chi connectivity index (χ1n) is 9.19. The van der Waals surface area contributed by atoms with E-state index >= 15 is 0 Å². The summed E-state index contributed by atoms with van der Waals surface area (Å²) in [4.78, 5) is 17.2. The minimum atomic E-state index is -0.137. The lowest BCUT2D eigenvalue weighted by atomic mass is 9.87. The zero-order valence-corrected chi connectivity index (χ0v) is 16.9. The number of hydrogen-bond acceptors (Lipinski definition) is 3. The molecule has 0 aliphatic rings. The molecule has 0 aliphatic heterocycles. The van der Waals surface area contributed by atoms with Crippen molar-refractivity contribution >= 4 is 0 Å². The minimum absolute atomic E-state index is 0.0304. The van der Waals surface area contributed by atoms with Gasteiger partial charge in [-0.2, -0.15) is 0 Å². The molecule has 3 aromatic heterocycles. The SMILES string of the molecule is CC(C)n1cnc(CC(C)(C)c2ncc(-n3cnc(C(C)(C)C)c3)[nH]2)c1. The maximum Gasteiger partial charge on any atom is 0.135 e. The second kappa shape index (κ2) is 6.41. The number of rotatable bonds is 5. The largest absolute Gasteiger partial charge is 0.335 e. The van der Waals surface area contributed by atoms with E-state index in [0.717, 1.165) is 29.5 Å². The minimum Gasteiger partial charge on any atom is -0.335 e.